The van der Waals surface area contributed by atoms with Crippen molar-refractivity contribution in [1.82, 2.24) is 4.90 Å². The average molecular weight is 215 g/mol. The highest BCUT2D eigenvalue weighted by Gasteiger charge is 1.97. The van der Waals surface area contributed by atoms with Crippen molar-refractivity contribution < 1.29 is 14.7 Å². The highest BCUT2D eigenvalue weighted by atomic mass is 16.4. The first-order valence-electron chi connectivity index (χ1n) is 5.13. The molecule has 0 aliphatic heterocycles. The van der Waals surface area contributed by atoms with Crippen LogP contribution in [0.1, 0.15) is 33.1 Å². The summed E-state index contributed by atoms with van der Waals surface area (Å²) in [5.74, 6) is -0.873. The number of amides is 1. The molecule has 0 radical (unpaired) electrons. The molecule has 0 aliphatic rings. The van der Waals surface area contributed by atoms with E-state index in [0.29, 0.717) is 12.8 Å². The number of carboxylic acids is 1. The predicted octanol–water partition coefficient (Wildman–Crippen LogP) is 1.91. The molecule has 1 N–H and O–H groups in total. The number of aliphatic carboxylic acids is 1. The lowest BCUT2D eigenvalue weighted by molar-refractivity contribution is -0.137. The number of carboxylic acid groups (broad SMARTS) is 1. The zero-order valence-corrected chi connectivity index (χ0v) is 9.99. The first-order chi connectivity index (χ1) is 7.04. The van der Waals surface area contributed by atoms with E-state index in [1.807, 2.05) is 13.8 Å². The summed E-state index contributed by atoms with van der Waals surface area (Å²) in [4.78, 5) is 22.5. The topological polar surface area (TPSA) is 57.6 Å². The molecule has 15 heavy (non-hydrogen) atoms. The summed E-state index contributed by atoms with van der Waals surface area (Å²) >= 11 is 0. The van der Waals surface area contributed by atoms with Crippen molar-refractivity contribution in [2.45, 2.75) is 33.1 Å². The summed E-state index contributed by atoms with van der Waals surface area (Å²) in [6.45, 7) is 4.00. The van der Waals surface area contributed by atoms with E-state index >= 15 is 0 Å². The Hall–Kier alpha value is -1.32. The van der Waals surface area contributed by atoms with Crippen LogP contribution in [0.15, 0.2) is 12.2 Å². The number of carbonyl (C=O) groups excluding carboxylic acids is 1. The lowest BCUT2D eigenvalue weighted by Gasteiger charge is -2.04. The Morgan fingerprint density at radius 1 is 1.27 bits per heavy atom. The molecule has 1 amide bonds. The van der Waals surface area contributed by atoms with Crippen LogP contribution in [0.25, 0.3) is 0 Å². The van der Waals surface area contributed by atoms with E-state index in [0.717, 1.165) is 0 Å². The Bertz CT molecular complexity index is 210. The first-order valence-corrected chi connectivity index (χ1v) is 5.13. The van der Waals surface area contributed by atoms with Gasteiger partial charge in [0.05, 0.1) is 0 Å². The number of rotatable bonds is 5. The Kier molecular flexibility index (Phi) is 11.6. The fraction of sp³-hybridized carbons (Fsp3) is 0.636. The van der Waals surface area contributed by atoms with Crippen LogP contribution in [0.4, 0.5) is 0 Å². The summed E-state index contributed by atoms with van der Waals surface area (Å²) in [5, 5.41) is 8.31. The number of carbonyl (C=O) groups is 2. The second kappa shape index (κ2) is 10.8. The van der Waals surface area contributed by atoms with Crippen LogP contribution in [0.3, 0.4) is 0 Å². The van der Waals surface area contributed by atoms with Crippen molar-refractivity contribution in [3.05, 3.63) is 12.2 Å². The molecule has 0 aromatic heterocycles. The standard InChI is InChI=1S/C9H15NO3.C2H6/c1-10(2)8(11)6-4-3-5-7-9(12)13;1-2/h4,6H,3,5,7H2,1-2H3,(H,12,13);1-2H3/b6-4+;. The summed E-state index contributed by atoms with van der Waals surface area (Å²) < 4.78 is 0. The SMILES string of the molecule is CC.CN(C)C(=O)/C=C/CCCC(=O)O. The van der Waals surface area contributed by atoms with E-state index in [4.69, 9.17) is 5.11 Å². The zero-order valence-electron chi connectivity index (χ0n) is 9.99. The van der Waals surface area contributed by atoms with Crippen LogP contribution in [0, 0.1) is 0 Å². The maximum absolute atomic E-state index is 11.0. The molecule has 0 saturated carbocycles. The van der Waals surface area contributed by atoms with Gasteiger partial charge in [0.15, 0.2) is 0 Å². The van der Waals surface area contributed by atoms with Gasteiger partial charge in [-0.2, -0.15) is 0 Å². The molecule has 88 valence electrons. The molecular weight excluding hydrogens is 194 g/mol. The number of likely N-dealkylation sites (N-methyl/N-ethyl adjacent to an activating group) is 1. The second-order valence-electron chi connectivity index (χ2n) is 2.92. The Balaban J connectivity index is 0. The van der Waals surface area contributed by atoms with Gasteiger partial charge in [0.1, 0.15) is 0 Å². The summed E-state index contributed by atoms with van der Waals surface area (Å²) in [5.41, 5.74) is 0. The van der Waals surface area contributed by atoms with Crippen molar-refractivity contribution in [3.63, 3.8) is 0 Å². The van der Waals surface area contributed by atoms with Gasteiger partial charge in [-0.15, -0.1) is 0 Å². The molecule has 0 heterocycles. The number of allylic oxidation sites excluding steroid dienone is 1. The third-order valence-electron chi connectivity index (χ3n) is 1.46. The molecule has 0 aliphatic carbocycles. The molecule has 0 rings (SSSR count). The summed E-state index contributed by atoms with van der Waals surface area (Å²) in [7, 11) is 3.34. The van der Waals surface area contributed by atoms with Gasteiger partial charge >= 0.3 is 5.97 Å². The molecule has 0 unspecified atom stereocenters. The molecule has 4 nitrogen and oxygen atoms in total. The molecule has 0 fully saturated rings. The predicted molar refractivity (Wildman–Crippen MR) is 60.7 cm³/mol. The van der Waals surface area contributed by atoms with Gasteiger partial charge < -0.3 is 10.0 Å². The fourth-order valence-corrected chi connectivity index (χ4v) is 0.704. The zero-order chi connectivity index (χ0) is 12.3. The van der Waals surface area contributed by atoms with Crippen molar-refractivity contribution in [2.75, 3.05) is 14.1 Å². The molecule has 0 aromatic carbocycles. The lowest BCUT2D eigenvalue weighted by Crippen LogP contribution is -2.18. The number of unbranched alkanes of at least 4 members (excludes halogenated alkanes) is 1. The van der Waals surface area contributed by atoms with Crippen LogP contribution in [-0.4, -0.2) is 36.0 Å². The van der Waals surface area contributed by atoms with E-state index < -0.39 is 5.97 Å². The number of nitrogens with zero attached hydrogens (tertiary/aromatic N) is 1. The molecule has 0 saturated heterocycles. The monoisotopic (exact) mass is 215 g/mol. The van der Waals surface area contributed by atoms with E-state index in [-0.39, 0.29) is 12.3 Å². The molecule has 0 spiro atoms. The van der Waals surface area contributed by atoms with Gasteiger partial charge in [-0.3, -0.25) is 9.59 Å². The van der Waals surface area contributed by atoms with Crippen molar-refractivity contribution in [3.8, 4) is 0 Å². The highest BCUT2D eigenvalue weighted by molar-refractivity contribution is 5.87. The van der Waals surface area contributed by atoms with Crippen LogP contribution < -0.4 is 0 Å². The van der Waals surface area contributed by atoms with Gasteiger partial charge in [0.2, 0.25) is 5.91 Å². The second-order valence-corrected chi connectivity index (χ2v) is 2.92. The number of hydrogen-bond donors (Lipinski definition) is 1. The van der Waals surface area contributed by atoms with E-state index in [1.54, 1.807) is 20.2 Å². The highest BCUT2D eigenvalue weighted by Crippen LogP contribution is 1.96. The molecular formula is C11H21NO3. The number of hydrogen-bond acceptors (Lipinski definition) is 2. The minimum absolute atomic E-state index is 0.0738. The third kappa shape index (κ3) is 12.7. The van der Waals surface area contributed by atoms with E-state index in [1.165, 1.54) is 11.0 Å². The quantitative estimate of drug-likeness (QED) is 0.563. The summed E-state index contributed by atoms with van der Waals surface area (Å²) in [6.07, 6.45) is 4.52. The van der Waals surface area contributed by atoms with Gasteiger partial charge in [-0.05, 0) is 18.9 Å². The van der Waals surface area contributed by atoms with Crippen LogP contribution in [0.2, 0.25) is 0 Å². The lowest BCUT2D eigenvalue weighted by atomic mass is 10.2. The minimum Gasteiger partial charge on any atom is -0.481 e. The molecule has 0 aromatic rings. The van der Waals surface area contributed by atoms with E-state index in [9.17, 15) is 9.59 Å². The van der Waals surface area contributed by atoms with Gasteiger partial charge in [0, 0.05) is 20.5 Å². The molecule has 4 heteroatoms. The van der Waals surface area contributed by atoms with E-state index in [2.05, 4.69) is 0 Å². The third-order valence-corrected chi connectivity index (χ3v) is 1.46. The Labute approximate surface area is 91.6 Å². The van der Waals surface area contributed by atoms with Crippen molar-refractivity contribution in [1.29, 1.82) is 0 Å². The van der Waals surface area contributed by atoms with Gasteiger partial charge in [0.25, 0.3) is 0 Å². The maximum Gasteiger partial charge on any atom is 0.303 e. The van der Waals surface area contributed by atoms with Crippen molar-refractivity contribution >= 4 is 11.9 Å². The fourth-order valence-electron chi connectivity index (χ4n) is 0.704. The Morgan fingerprint density at radius 3 is 2.20 bits per heavy atom. The van der Waals surface area contributed by atoms with Crippen LogP contribution in [-0.2, 0) is 9.59 Å². The molecule has 0 bridgehead atoms. The first kappa shape index (κ1) is 16.1. The van der Waals surface area contributed by atoms with Gasteiger partial charge in [-0.1, -0.05) is 19.9 Å². The van der Waals surface area contributed by atoms with Crippen molar-refractivity contribution in [2.24, 2.45) is 0 Å². The normalized spacial score (nSPS) is 9.33. The molecule has 0 atom stereocenters. The minimum atomic E-state index is -0.799. The Morgan fingerprint density at radius 2 is 1.80 bits per heavy atom. The average Bonchev–Trinajstić information content (AvgIpc) is 2.19. The smallest absolute Gasteiger partial charge is 0.303 e. The maximum atomic E-state index is 11.0. The van der Waals surface area contributed by atoms with Gasteiger partial charge in [-0.25, -0.2) is 0 Å². The summed E-state index contributed by atoms with van der Waals surface area (Å²) in [6, 6.07) is 0. The largest absolute Gasteiger partial charge is 0.481 e. The van der Waals surface area contributed by atoms with Crippen LogP contribution >= 0.6 is 0 Å². The van der Waals surface area contributed by atoms with Crippen LogP contribution in [0.5, 0.6) is 0 Å².